The molecule has 0 aromatic rings. The van der Waals surface area contributed by atoms with Gasteiger partial charge in [0.25, 0.3) is 0 Å². The zero-order valence-corrected chi connectivity index (χ0v) is 5.87. The summed E-state index contributed by atoms with van der Waals surface area (Å²) in [6, 6.07) is 1.82. The first-order chi connectivity index (χ1) is 5.12. The third-order valence-corrected chi connectivity index (χ3v) is 1.67. The molecule has 1 N–H and O–H groups in total. The second kappa shape index (κ2) is 2.33. The van der Waals surface area contributed by atoms with Gasteiger partial charge in [0.1, 0.15) is 5.60 Å². The molecule has 0 aliphatic heterocycles. The molecule has 0 spiro atoms. The molecular weight excluding hydrogens is 142 g/mol. The van der Waals surface area contributed by atoms with E-state index >= 15 is 0 Å². The molecule has 0 saturated carbocycles. The van der Waals surface area contributed by atoms with Crippen LogP contribution in [0.4, 0.5) is 0 Å². The predicted octanol–water partition coefficient (Wildman–Crippen LogP) is 0.326. The van der Waals surface area contributed by atoms with Crippen LogP contribution in [0, 0.1) is 11.3 Å². The molecule has 56 valence electrons. The number of carbonyl (C=O) groups excluding carboxylic acids is 1. The van der Waals surface area contributed by atoms with E-state index in [-0.39, 0.29) is 6.42 Å². The van der Waals surface area contributed by atoms with Gasteiger partial charge in [-0.15, -0.1) is 0 Å². The number of hydrogen-bond acceptors (Lipinski definition) is 3. The van der Waals surface area contributed by atoms with Crippen molar-refractivity contribution in [3.05, 3.63) is 24.3 Å². The minimum Gasteiger partial charge on any atom is -0.377 e. The highest BCUT2D eigenvalue weighted by Crippen LogP contribution is 2.26. The van der Waals surface area contributed by atoms with Crippen LogP contribution in [0.15, 0.2) is 24.3 Å². The smallest absolute Gasteiger partial charge is 0.192 e. The molecule has 3 heteroatoms. The number of carbonyl (C=O) groups is 1. The quantitative estimate of drug-likeness (QED) is 0.546. The molecule has 1 rings (SSSR count). The minimum atomic E-state index is -1.52. The second-order valence-electron chi connectivity index (χ2n) is 2.45. The lowest BCUT2D eigenvalue weighted by Crippen LogP contribution is -2.30. The van der Waals surface area contributed by atoms with Gasteiger partial charge in [0.2, 0.25) is 0 Å². The third kappa shape index (κ3) is 1.08. The zero-order valence-electron chi connectivity index (χ0n) is 5.87. The third-order valence-electron chi connectivity index (χ3n) is 1.67. The molecule has 0 saturated heterocycles. The van der Waals surface area contributed by atoms with E-state index in [1.807, 2.05) is 6.07 Å². The fourth-order valence-corrected chi connectivity index (χ4v) is 0.956. The Kier molecular flexibility index (Phi) is 1.63. The molecule has 1 aliphatic carbocycles. The average Bonchev–Trinajstić information content (AvgIpc) is 2.29. The summed E-state index contributed by atoms with van der Waals surface area (Å²) in [6.07, 6.45) is 2.38. The van der Waals surface area contributed by atoms with Crippen molar-refractivity contribution in [1.82, 2.24) is 0 Å². The molecule has 0 aromatic carbocycles. The van der Waals surface area contributed by atoms with E-state index in [0.717, 1.165) is 12.2 Å². The van der Waals surface area contributed by atoms with Gasteiger partial charge in [-0.2, -0.15) is 5.26 Å². The Morgan fingerprint density at radius 1 is 1.91 bits per heavy atom. The van der Waals surface area contributed by atoms with Crippen LogP contribution in [0.2, 0.25) is 0 Å². The molecule has 0 fully saturated rings. The summed E-state index contributed by atoms with van der Waals surface area (Å²) >= 11 is 0. The van der Waals surface area contributed by atoms with Gasteiger partial charge in [-0.1, -0.05) is 12.7 Å². The number of rotatable bonds is 1. The van der Waals surface area contributed by atoms with Gasteiger partial charge in [-0.25, -0.2) is 0 Å². The summed E-state index contributed by atoms with van der Waals surface area (Å²) in [6.45, 7) is 3.32. The van der Waals surface area contributed by atoms with Crippen LogP contribution < -0.4 is 0 Å². The fourth-order valence-electron chi connectivity index (χ4n) is 0.956. The molecule has 0 radical (unpaired) electrons. The van der Waals surface area contributed by atoms with E-state index in [2.05, 4.69) is 6.58 Å². The van der Waals surface area contributed by atoms with Crippen molar-refractivity contribution in [2.75, 3.05) is 0 Å². The Morgan fingerprint density at radius 2 is 2.55 bits per heavy atom. The zero-order chi connectivity index (χ0) is 8.48. The van der Waals surface area contributed by atoms with Crippen molar-refractivity contribution in [2.45, 2.75) is 12.0 Å². The first-order valence-electron chi connectivity index (χ1n) is 3.13. The number of aliphatic hydroxyl groups is 1. The van der Waals surface area contributed by atoms with E-state index in [1.54, 1.807) is 0 Å². The van der Waals surface area contributed by atoms with Crippen LogP contribution in [0.5, 0.6) is 0 Å². The molecule has 3 nitrogen and oxygen atoms in total. The molecule has 1 atom stereocenters. The molecule has 0 unspecified atom stereocenters. The van der Waals surface area contributed by atoms with Gasteiger partial charge in [-0.05, 0) is 6.08 Å². The monoisotopic (exact) mass is 149 g/mol. The van der Waals surface area contributed by atoms with Gasteiger partial charge in [0.05, 0.1) is 6.07 Å². The van der Waals surface area contributed by atoms with Crippen LogP contribution in [0.25, 0.3) is 0 Å². The second-order valence-corrected chi connectivity index (χ2v) is 2.45. The number of nitriles is 1. The Bertz CT molecular complexity index is 285. The molecule has 11 heavy (non-hydrogen) atoms. The maximum Gasteiger partial charge on any atom is 0.192 e. The number of ketones is 1. The average molecular weight is 149 g/mol. The normalized spacial score (nSPS) is 29.5. The van der Waals surface area contributed by atoms with Gasteiger partial charge in [0.15, 0.2) is 5.78 Å². The maximum atomic E-state index is 10.9. The first kappa shape index (κ1) is 7.70. The summed E-state index contributed by atoms with van der Waals surface area (Å²) in [4.78, 5) is 10.9. The molecule has 0 amide bonds. The van der Waals surface area contributed by atoms with E-state index < -0.39 is 11.4 Å². The molecule has 1 aliphatic rings. The van der Waals surface area contributed by atoms with E-state index in [0.29, 0.717) is 5.57 Å². The van der Waals surface area contributed by atoms with Crippen molar-refractivity contribution in [2.24, 2.45) is 0 Å². The van der Waals surface area contributed by atoms with Crippen molar-refractivity contribution in [3.63, 3.8) is 0 Å². The van der Waals surface area contributed by atoms with Crippen molar-refractivity contribution < 1.29 is 9.90 Å². The molecule has 0 bridgehead atoms. The lowest BCUT2D eigenvalue weighted by atomic mass is 9.99. The van der Waals surface area contributed by atoms with Crippen molar-refractivity contribution in [3.8, 4) is 6.07 Å². The van der Waals surface area contributed by atoms with Crippen molar-refractivity contribution in [1.29, 1.82) is 5.26 Å². The number of nitrogens with zero attached hydrogens (tertiary/aromatic N) is 1. The summed E-state index contributed by atoms with van der Waals surface area (Å²) in [7, 11) is 0. The maximum absolute atomic E-state index is 10.9. The number of hydrogen-bond donors (Lipinski definition) is 1. The van der Waals surface area contributed by atoms with E-state index in [4.69, 9.17) is 5.26 Å². The van der Waals surface area contributed by atoms with Crippen LogP contribution in [-0.2, 0) is 4.79 Å². The topological polar surface area (TPSA) is 61.1 Å². The largest absolute Gasteiger partial charge is 0.377 e. The van der Waals surface area contributed by atoms with Crippen LogP contribution in [0.1, 0.15) is 6.42 Å². The Hall–Kier alpha value is -1.40. The standard InChI is InChI=1S/C8H7NO2/c1-2-8(11)4-6(5-9)3-7(8)10/h2-3,11H,1,4H2/t8-/m0/s1. The van der Waals surface area contributed by atoms with Gasteiger partial charge < -0.3 is 5.11 Å². The van der Waals surface area contributed by atoms with E-state index in [1.165, 1.54) is 0 Å². The fraction of sp³-hybridized carbons (Fsp3) is 0.250. The van der Waals surface area contributed by atoms with Gasteiger partial charge in [-0.3, -0.25) is 4.79 Å². The summed E-state index contributed by atoms with van der Waals surface area (Å²) in [5, 5.41) is 17.8. The lowest BCUT2D eigenvalue weighted by molar-refractivity contribution is -0.126. The SMILES string of the molecule is C=C[C@]1(O)CC(C#N)=CC1=O. The van der Waals surface area contributed by atoms with Crippen LogP contribution >= 0.6 is 0 Å². The first-order valence-corrected chi connectivity index (χ1v) is 3.13. The van der Waals surface area contributed by atoms with Crippen molar-refractivity contribution >= 4 is 5.78 Å². The Balaban J connectivity index is 2.95. The molecular formula is C8H7NO2. The Morgan fingerprint density at radius 3 is 2.82 bits per heavy atom. The molecule has 0 heterocycles. The lowest BCUT2D eigenvalue weighted by Gasteiger charge is -2.13. The Labute approximate surface area is 64.3 Å². The highest BCUT2D eigenvalue weighted by Gasteiger charge is 2.37. The summed E-state index contributed by atoms with van der Waals surface area (Å²) in [5.41, 5.74) is -1.22. The highest BCUT2D eigenvalue weighted by molar-refractivity contribution is 6.02. The summed E-state index contributed by atoms with van der Waals surface area (Å²) < 4.78 is 0. The van der Waals surface area contributed by atoms with Gasteiger partial charge >= 0.3 is 0 Å². The predicted molar refractivity (Wildman–Crippen MR) is 38.5 cm³/mol. The van der Waals surface area contributed by atoms with E-state index in [9.17, 15) is 9.90 Å². The minimum absolute atomic E-state index is 0.0613. The van der Waals surface area contributed by atoms with Crippen LogP contribution in [0.3, 0.4) is 0 Å². The molecule has 0 aromatic heterocycles. The van der Waals surface area contributed by atoms with Crippen LogP contribution in [-0.4, -0.2) is 16.5 Å². The van der Waals surface area contributed by atoms with Gasteiger partial charge in [0, 0.05) is 12.0 Å². The summed E-state index contributed by atoms with van der Waals surface area (Å²) in [5.74, 6) is -0.455. The highest BCUT2D eigenvalue weighted by atomic mass is 16.3.